The van der Waals surface area contributed by atoms with Crippen molar-refractivity contribution in [1.82, 2.24) is 0 Å². The van der Waals surface area contributed by atoms with Crippen molar-refractivity contribution in [1.29, 1.82) is 0 Å². The van der Waals surface area contributed by atoms with E-state index in [1.54, 1.807) is 0 Å². The van der Waals surface area contributed by atoms with Crippen LogP contribution in [0.3, 0.4) is 0 Å². The van der Waals surface area contributed by atoms with Crippen LogP contribution in [0.25, 0.3) is 0 Å². The quantitative estimate of drug-likeness (QED) is 0.567. The van der Waals surface area contributed by atoms with Gasteiger partial charge in [-0.3, -0.25) is 0 Å². The van der Waals surface area contributed by atoms with Gasteiger partial charge in [-0.25, -0.2) is 0 Å². The summed E-state index contributed by atoms with van der Waals surface area (Å²) in [7, 11) is -1.32. The second-order valence-corrected chi connectivity index (χ2v) is 5.78. The first kappa shape index (κ1) is 15.4. The summed E-state index contributed by atoms with van der Waals surface area (Å²) in [4.78, 5) is 0. The number of rotatable bonds is 4. The molecule has 0 radical (unpaired) electrons. The molecule has 0 spiro atoms. The summed E-state index contributed by atoms with van der Waals surface area (Å²) in [5.41, 5.74) is 0.412. The summed E-state index contributed by atoms with van der Waals surface area (Å²) in [6, 6.07) is 0. The minimum absolute atomic E-state index is 0. The molecule has 0 aliphatic carbocycles. The van der Waals surface area contributed by atoms with Gasteiger partial charge in [0.2, 0.25) is 0 Å². The predicted molar refractivity (Wildman–Crippen MR) is 53.0 cm³/mol. The molecule has 0 aliphatic rings. The van der Waals surface area contributed by atoms with Crippen molar-refractivity contribution >= 4 is 7.80 Å². The van der Waals surface area contributed by atoms with Crippen molar-refractivity contribution in [3.05, 3.63) is 0 Å². The van der Waals surface area contributed by atoms with Gasteiger partial charge in [-0.2, -0.15) is 0 Å². The first-order valence-electron chi connectivity index (χ1n) is 4.51. The Morgan fingerprint density at radius 2 is 1.67 bits per heavy atom. The Kier molecular flexibility index (Phi) is 9.41. The maximum atomic E-state index is 11.2. The van der Waals surface area contributed by atoms with E-state index in [0.717, 1.165) is 0 Å². The molecule has 0 aromatic heterocycles. The van der Waals surface area contributed by atoms with Gasteiger partial charge in [-0.1, -0.05) is 34.1 Å². The van der Waals surface area contributed by atoms with Gasteiger partial charge in [0.25, 0.3) is 0 Å². The van der Waals surface area contributed by atoms with Crippen LogP contribution >= 0.6 is 7.80 Å². The molecule has 4 unspecified atom stereocenters. The first-order valence-corrected chi connectivity index (χ1v) is 6.49. The first-order chi connectivity index (χ1) is 5.00. The van der Waals surface area contributed by atoms with E-state index < -0.39 is 7.80 Å². The molecule has 0 bridgehead atoms. The molecule has 0 saturated carbocycles. The molecule has 0 N–H and O–H groups in total. The van der Waals surface area contributed by atoms with Crippen molar-refractivity contribution in [2.24, 2.45) is 11.8 Å². The average Bonchev–Trinajstić information content (AvgIpc) is 2.00. The Bertz CT molecular complexity index is 138. The van der Waals surface area contributed by atoms with E-state index in [-0.39, 0.29) is 21.1 Å². The van der Waals surface area contributed by atoms with Crippen LogP contribution in [0, 0.1) is 11.8 Å². The zero-order valence-electron chi connectivity index (χ0n) is 8.76. The third kappa shape index (κ3) is 4.83. The molecule has 0 aromatic carbocycles. The Morgan fingerprint density at radius 3 is 1.92 bits per heavy atom. The SMILES string of the molecule is CCC(C)C(C)C(C)[PH](C)=O.[Mo]. The Hall–Kier alpha value is 0.918. The van der Waals surface area contributed by atoms with Crippen LogP contribution in [0.5, 0.6) is 0 Å². The Labute approximate surface area is 91.8 Å². The van der Waals surface area contributed by atoms with Crippen LogP contribution in [0.2, 0.25) is 0 Å². The van der Waals surface area contributed by atoms with Crippen LogP contribution in [0.1, 0.15) is 34.1 Å². The zero-order valence-corrected chi connectivity index (χ0v) is 11.8. The molecule has 0 rings (SSSR count). The Morgan fingerprint density at radius 1 is 1.25 bits per heavy atom. The molecule has 0 fully saturated rings. The van der Waals surface area contributed by atoms with E-state index in [1.807, 2.05) is 6.66 Å². The van der Waals surface area contributed by atoms with E-state index >= 15 is 0 Å². The maximum Gasteiger partial charge on any atom is 0.0762 e. The Balaban J connectivity index is 0. The topological polar surface area (TPSA) is 17.1 Å². The normalized spacial score (nSPS) is 20.4. The van der Waals surface area contributed by atoms with Crippen LogP contribution < -0.4 is 0 Å². The number of hydrogen-bond donors (Lipinski definition) is 0. The second-order valence-electron chi connectivity index (χ2n) is 3.64. The second kappa shape index (κ2) is 7.33. The molecular weight excluding hydrogens is 251 g/mol. The summed E-state index contributed by atoms with van der Waals surface area (Å²) < 4.78 is 11.2. The third-order valence-electron chi connectivity index (χ3n) is 2.97. The van der Waals surface area contributed by atoms with Gasteiger partial charge >= 0.3 is 0 Å². The minimum atomic E-state index is -1.32. The van der Waals surface area contributed by atoms with Crippen molar-refractivity contribution < 1.29 is 25.6 Å². The molecule has 0 aliphatic heterocycles. The third-order valence-corrected chi connectivity index (χ3v) is 4.78. The summed E-state index contributed by atoms with van der Waals surface area (Å²) in [5, 5.41) is 0. The summed E-state index contributed by atoms with van der Waals surface area (Å²) in [6.45, 7) is 10.6. The summed E-state index contributed by atoms with van der Waals surface area (Å²) in [6.07, 6.45) is 1.20. The monoisotopic (exact) mass is 274 g/mol. The van der Waals surface area contributed by atoms with Crippen LogP contribution in [0.15, 0.2) is 0 Å². The van der Waals surface area contributed by atoms with Crippen molar-refractivity contribution in [2.45, 2.75) is 39.8 Å². The molecule has 12 heavy (non-hydrogen) atoms. The van der Waals surface area contributed by atoms with Crippen molar-refractivity contribution in [2.75, 3.05) is 6.66 Å². The van der Waals surface area contributed by atoms with Gasteiger partial charge in [0.15, 0.2) is 0 Å². The van der Waals surface area contributed by atoms with E-state index in [2.05, 4.69) is 27.7 Å². The van der Waals surface area contributed by atoms with E-state index in [0.29, 0.717) is 17.5 Å². The standard InChI is InChI=1S/C9H21OP.Mo/c1-6-7(2)8(3)9(4)11(5)10;/h7-9,11H,6H2,1-5H3;. The molecular formula is C9H21MoOP. The van der Waals surface area contributed by atoms with E-state index in [1.165, 1.54) is 6.42 Å². The molecule has 74 valence electrons. The van der Waals surface area contributed by atoms with Crippen LogP contribution in [0.4, 0.5) is 0 Å². The van der Waals surface area contributed by atoms with E-state index in [9.17, 15) is 4.57 Å². The van der Waals surface area contributed by atoms with Crippen molar-refractivity contribution in [3.8, 4) is 0 Å². The predicted octanol–water partition coefficient (Wildman–Crippen LogP) is 3.24. The summed E-state index contributed by atoms with van der Waals surface area (Å²) >= 11 is 0. The van der Waals surface area contributed by atoms with E-state index in [4.69, 9.17) is 0 Å². The molecule has 1 nitrogen and oxygen atoms in total. The largest absolute Gasteiger partial charge is 0.327 e. The zero-order chi connectivity index (χ0) is 9.02. The molecule has 4 atom stereocenters. The van der Waals surface area contributed by atoms with Gasteiger partial charge in [0.05, 0.1) is 7.80 Å². The number of hydrogen-bond acceptors (Lipinski definition) is 1. The summed E-state index contributed by atoms with van der Waals surface area (Å²) in [5.74, 6) is 1.32. The van der Waals surface area contributed by atoms with Gasteiger partial charge < -0.3 is 4.57 Å². The van der Waals surface area contributed by atoms with Gasteiger partial charge in [-0.05, 0) is 18.5 Å². The molecule has 0 heterocycles. The maximum absolute atomic E-state index is 11.2. The fourth-order valence-electron chi connectivity index (χ4n) is 1.23. The fraction of sp³-hybridized carbons (Fsp3) is 1.00. The van der Waals surface area contributed by atoms with Gasteiger partial charge in [0, 0.05) is 26.7 Å². The van der Waals surface area contributed by atoms with Crippen LogP contribution in [-0.2, 0) is 25.6 Å². The molecule has 3 heteroatoms. The van der Waals surface area contributed by atoms with Gasteiger partial charge in [-0.15, -0.1) is 0 Å². The van der Waals surface area contributed by atoms with Crippen LogP contribution in [-0.4, -0.2) is 12.3 Å². The smallest absolute Gasteiger partial charge is 0.0762 e. The fourth-order valence-corrected chi connectivity index (χ4v) is 2.30. The molecule has 0 amide bonds. The van der Waals surface area contributed by atoms with Crippen molar-refractivity contribution in [3.63, 3.8) is 0 Å². The van der Waals surface area contributed by atoms with Gasteiger partial charge in [0.1, 0.15) is 0 Å². The minimum Gasteiger partial charge on any atom is -0.327 e. The molecule has 0 saturated heterocycles. The molecule has 0 aromatic rings. The average molecular weight is 272 g/mol.